The Morgan fingerprint density at radius 3 is 2.90 bits per heavy atom. The maximum absolute atomic E-state index is 11.2. The van der Waals surface area contributed by atoms with Gasteiger partial charge in [0.15, 0.2) is 0 Å². The van der Waals surface area contributed by atoms with E-state index >= 15 is 0 Å². The van der Waals surface area contributed by atoms with Crippen molar-refractivity contribution in [2.75, 3.05) is 18.5 Å². The van der Waals surface area contributed by atoms with Gasteiger partial charge in [-0.3, -0.25) is 4.79 Å². The fourth-order valence-electron chi connectivity index (χ4n) is 4.23. The van der Waals surface area contributed by atoms with Gasteiger partial charge in [-0.25, -0.2) is 0 Å². The molecule has 0 saturated carbocycles. The van der Waals surface area contributed by atoms with Crippen LogP contribution in [0.15, 0.2) is 36.4 Å². The van der Waals surface area contributed by atoms with Crippen LogP contribution in [0.5, 0.6) is 5.75 Å². The molecule has 2 N–H and O–H groups in total. The van der Waals surface area contributed by atoms with Crippen LogP contribution in [0.2, 0.25) is 5.02 Å². The smallest absolute Gasteiger partial charge is 0.307 e. The number of hydrogen-bond donors (Lipinski definition) is 2. The van der Waals surface area contributed by atoms with Gasteiger partial charge in [0.25, 0.3) is 0 Å². The molecule has 0 bridgehead atoms. The van der Waals surface area contributed by atoms with Crippen molar-refractivity contribution < 1.29 is 19.4 Å². The predicted octanol–water partition coefficient (Wildman–Crippen LogP) is 5.01. The minimum absolute atomic E-state index is 0.0561. The van der Waals surface area contributed by atoms with E-state index in [1.54, 1.807) is 6.07 Å². The number of hydrogen-bond acceptors (Lipinski definition) is 4. The lowest BCUT2D eigenvalue weighted by molar-refractivity contribution is -0.136. The highest BCUT2D eigenvalue weighted by atomic mass is 35.5. The third-order valence-corrected chi connectivity index (χ3v) is 5.84. The quantitative estimate of drug-likeness (QED) is 0.665. The second-order valence-electron chi connectivity index (χ2n) is 7.71. The summed E-state index contributed by atoms with van der Waals surface area (Å²) < 4.78 is 12.1. The van der Waals surface area contributed by atoms with E-state index in [1.165, 1.54) is 5.56 Å². The molecule has 1 aliphatic heterocycles. The number of halogens is 1. The first kappa shape index (κ1) is 20.0. The van der Waals surface area contributed by atoms with Crippen molar-refractivity contribution in [3.05, 3.63) is 58.1 Å². The van der Waals surface area contributed by atoms with Crippen molar-refractivity contribution in [2.24, 2.45) is 0 Å². The molecule has 0 spiro atoms. The Kier molecular flexibility index (Phi) is 6.26. The van der Waals surface area contributed by atoms with Crippen LogP contribution in [-0.2, 0) is 22.4 Å². The standard InChI is InChI=1S/C23H26ClNO4/c24-16-12-19-18(20(13-16)25-14-17-6-4-10-28-17)7-3-9-22(19)29-21-8-2-1-5-15(21)11-23(26)27/h1-2,5,8,12-13,17,22,25H,3-4,6-7,9-11,14H2,(H,26,27)/t17-,22?/m1/s1. The number of aliphatic carboxylic acids is 1. The molecule has 4 rings (SSSR count). The van der Waals surface area contributed by atoms with E-state index in [1.807, 2.05) is 30.3 Å². The Bertz CT molecular complexity index is 879. The van der Waals surface area contributed by atoms with Gasteiger partial charge < -0.3 is 19.9 Å². The zero-order valence-corrected chi connectivity index (χ0v) is 17.1. The number of fused-ring (bicyclic) bond motifs is 1. The van der Waals surface area contributed by atoms with E-state index in [9.17, 15) is 9.90 Å². The molecule has 5 nitrogen and oxygen atoms in total. The number of para-hydroxylation sites is 1. The Labute approximate surface area is 176 Å². The van der Waals surface area contributed by atoms with Gasteiger partial charge in [0.2, 0.25) is 0 Å². The van der Waals surface area contributed by atoms with Gasteiger partial charge in [-0.2, -0.15) is 0 Å². The Morgan fingerprint density at radius 2 is 2.10 bits per heavy atom. The number of nitrogens with one attached hydrogen (secondary N) is 1. The summed E-state index contributed by atoms with van der Waals surface area (Å²) in [5.41, 5.74) is 4.06. The van der Waals surface area contributed by atoms with Crippen molar-refractivity contribution in [3.8, 4) is 5.75 Å². The highest BCUT2D eigenvalue weighted by Crippen LogP contribution is 2.40. The molecular formula is C23H26ClNO4. The number of carbonyl (C=O) groups is 1. The number of carboxylic acids is 1. The molecule has 154 valence electrons. The van der Waals surface area contributed by atoms with Crippen LogP contribution in [0, 0.1) is 0 Å². The lowest BCUT2D eigenvalue weighted by Crippen LogP contribution is -2.22. The minimum atomic E-state index is -0.867. The van der Waals surface area contributed by atoms with Crippen LogP contribution >= 0.6 is 11.6 Å². The summed E-state index contributed by atoms with van der Waals surface area (Å²) in [6, 6.07) is 11.3. The molecule has 0 amide bonds. The molecule has 1 heterocycles. The van der Waals surface area contributed by atoms with Gasteiger partial charge in [-0.15, -0.1) is 0 Å². The van der Waals surface area contributed by atoms with E-state index in [4.69, 9.17) is 21.1 Å². The second kappa shape index (κ2) is 9.06. The van der Waals surface area contributed by atoms with Crippen LogP contribution < -0.4 is 10.1 Å². The maximum Gasteiger partial charge on any atom is 0.307 e. The molecule has 6 heteroatoms. The van der Waals surface area contributed by atoms with Gasteiger partial charge in [-0.1, -0.05) is 29.8 Å². The summed E-state index contributed by atoms with van der Waals surface area (Å²) in [5.74, 6) is -0.240. The van der Waals surface area contributed by atoms with E-state index in [0.717, 1.165) is 56.5 Å². The molecule has 2 aliphatic rings. The molecule has 2 aromatic carbocycles. The Balaban J connectivity index is 1.57. The highest BCUT2D eigenvalue weighted by Gasteiger charge is 2.26. The zero-order chi connectivity index (χ0) is 20.2. The van der Waals surface area contributed by atoms with Crippen molar-refractivity contribution in [3.63, 3.8) is 0 Å². The molecule has 1 fully saturated rings. The lowest BCUT2D eigenvalue weighted by atomic mass is 9.88. The largest absolute Gasteiger partial charge is 0.485 e. The van der Waals surface area contributed by atoms with Crippen molar-refractivity contribution in [1.82, 2.24) is 0 Å². The van der Waals surface area contributed by atoms with Gasteiger partial charge >= 0.3 is 5.97 Å². The van der Waals surface area contributed by atoms with Gasteiger partial charge in [0.05, 0.1) is 12.5 Å². The van der Waals surface area contributed by atoms with Gasteiger partial charge in [-0.05, 0) is 61.4 Å². The first-order chi connectivity index (χ1) is 14.1. The van der Waals surface area contributed by atoms with Crippen molar-refractivity contribution in [2.45, 2.75) is 50.7 Å². The molecule has 0 radical (unpaired) electrons. The van der Waals surface area contributed by atoms with Crippen LogP contribution in [0.3, 0.4) is 0 Å². The summed E-state index contributed by atoms with van der Waals surface area (Å²) in [5, 5.41) is 13.4. The van der Waals surface area contributed by atoms with Crippen molar-refractivity contribution >= 4 is 23.3 Å². The third kappa shape index (κ3) is 4.85. The summed E-state index contributed by atoms with van der Waals surface area (Å²) in [6.45, 7) is 1.62. The highest BCUT2D eigenvalue weighted by molar-refractivity contribution is 6.31. The van der Waals surface area contributed by atoms with Crippen LogP contribution in [-0.4, -0.2) is 30.3 Å². The molecule has 29 heavy (non-hydrogen) atoms. The number of rotatable bonds is 7. The Hall–Kier alpha value is -2.24. The monoisotopic (exact) mass is 415 g/mol. The molecule has 1 unspecified atom stereocenters. The van der Waals surface area contributed by atoms with E-state index < -0.39 is 5.97 Å². The number of carboxylic acid groups (broad SMARTS) is 1. The molecule has 2 atom stereocenters. The molecular weight excluding hydrogens is 390 g/mol. The van der Waals surface area contributed by atoms with Crippen molar-refractivity contribution in [1.29, 1.82) is 0 Å². The van der Waals surface area contributed by atoms with Crippen LogP contribution in [0.1, 0.15) is 48.5 Å². The molecule has 2 aromatic rings. The number of anilines is 1. The Morgan fingerprint density at radius 1 is 1.24 bits per heavy atom. The molecule has 1 saturated heterocycles. The summed E-state index contributed by atoms with van der Waals surface area (Å²) in [6.07, 6.45) is 5.11. The van der Waals surface area contributed by atoms with Gasteiger partial charge in [0.1, 0.15) is 11.9 Å². The fourth-order valence-corrected chi connectivity index (χ4v) is 4.46. The lowest BCUT2D eigenvalue weighted by Gasteiger charge is -2.29. The number of ether oxygens (including phenoxy) is 2. The van der Waals surface area contributed by atoms with Crippen LogP contribution in [0.25, 0.3) is 0 Å². The summed E-state index contributed by atoms with van der Waals surface area (Å²) in [4.78, 5) is 11.2. The third-order valence-electron chi connectivity index (χ3n) is 5.62. The molecule has 1 aliphatic carbocycles. The topological polar surface area (TPSA) is 67.8 Å². The van der Waals surface area contributed by atoms with E-state index in [0.29, 0.717) is 16.3 Å². The first-order valence-corrected chi connectivity index (χ1v) is 10.6. The normalized spacial score (nSPS) is 20.9. The van der Waals surface area contributed by atoms with Crippen LogP contribution in [0.4, 0.5) is 5.69 Å². The fraction of sp³-hybridized carbons (Fsp3) is 0.435. The second-order valence-corrected chi connectivity index (χ2v) is 8.15. The SMILES string of the molecule is O=C(O)Cc1ccccc1OC1CCCc2c(NC[C@H]3CCCO3)cc(Cl)cc21. The average molecular weight is 416 g/mol. The minimum Gasteiger partial charge on any atom is -0.485 e. The number of benzene rings is 2. The summed E-state index contributed by atoms with van der Waals surface area (Å²) in [7, 11) is 0. The van der Waals surface area contributed by atoms with E-state index in [2.05, 4.69) is 5.32 Å². The predicted molar refractivity (Wildman–Crippen MR) is 113 cm³/mol. The van der Waals surface area contributed by atoms with Gasteiger partial charge in [0, 0.05) is 29.4 Å². The zero-order valence-electron chi connectivity index (χ0n) is 16.3. The first-order valence-electron chi connectivity index (χ1n) is 10.2. The average Bonchev–Trinajstić information content (AvgIpc) is 3.21. The van der Waals surface area contributed by atoms with E-state index in [-0.39, 0.29) is 18.6 Å². The maximum atomic E-state index is 11.2. The summed E-state index contributed by atoms with van der Waals surface area (Å²) >= 11 is 6.44. The molecule has 0 aromatic heterocycles.